The third-order valence-electron chi connectivity index (χ3n) is 1.73. The molecule has 1 heterocycles. The van der Waals surface area contributed by atoms with Crippen molar-refractivity contribution >= 4 is 0 Å². The molecule has 11 heavy (non-hydrogen) atoms. The molecule has 0 aromatic heterocycles. The molecule has 1 saturated heterocycles. The van der Waals surface area contributed by atoms with E-state index in [0.29, 0.717) is 6.61 Å². The van der Waals surface area contributed by atoms with Crippen molar-refractivity contribution < 1.29 is 14.8 Å². The Morgan fingerprint density at radius 2 is 2.55 bits per heavy atom. The minimum Gasteiger partial charge on any atom is -0.384 e. The molecule has 1 rings (SSSR count). The van der Waals surface area contributed by atoms with Gasteiger partial charge in [-0.1, -0.05) is 0 Å². The molecular weight excluding hydrogens is 150 g/mol. The van der Waals surface area contributed by atoms with Crippen LogP contribution in [-0.2, 0) is 4.74 Å². The minimum absolute atomic E-state index is 0.319. The van der Waals surface area contributed by atoms with Crippen molar-refractivity contribution in [3.8, 4) is 0 Å². The first-order chi connectivity index (χ1) is 5.20. The molecule has 5 heteroatoms. The maximum atomic E-state index is 9.96. The van der Waals surface area contributed by atoms with E-state index in [1.165, 1.54) is 0 Å². The maximum Gasteiger partial charge on any atom is 0.231 e. The Balaban J connectivity index is 2.28. The van der Waals surface area contributed by atoms with E-state index < -0.39 is 17.6 Å². The van der Waals surface area contributed by atoms with Crippen LogP contribution in [0.4, 0.5) is 0 Å². The summed E-state index contributed by atoms with van der Waals surface area (Å²) in [6.45, 7) is 0.199. The number of nitrogens with zero attached hydrogens (tertiary/aromatic N) is 1. The van der Waals surface area contributed by atoms with E-state index in [9.17, 15) is 10.1 Å². The highest BCUT2D eigenvalue weighted by molar-refractivity contribution is 4.72. The van der Waals surface area contributed by atoms with Gasteiger partial charge in [0.15, 0.2) is 0 Å². The van der Waals surface area contributed by atoms with Gasteiger partial charge in [0.05, 0.1) is 6.10 Å². The predicted molar refractivity (Wildman–Crippen MR) is 36.8 cm³/mol. The first-order valence-corrected chi connectivity index (χ1v) is 3.61. The Morgan fingerprint density at radius 3 is 3.00 bits per heavy atom. The largest absolute Gasteiger partial charge is 0.384 e. The van der Waals surface area contributed by atoms with Crippen LogP contribution in [0.3, 0.4) is 0 Å². The number of hydrogen-bond donors (Lipinski definition) is 1. The van der Waals surface area contributed by atoms with E-state index in [-0.39, 0.29) is 6.10 Å². The number of rotatable bonds is 3. The Morgan fingerprint density at radius 1 is 1.82 bits per heavy atom. The van der Waals surface area contributed by atoms with Gasteiger partial charge in [-0.3, -0.25) is 10.1 Å². The van der Waals surface area contributed by atoms with Gasteiger partial charge >= 0.3 is 0 Å². The molecular formula is C6H11NO4. The van der Waals surface area contributed by atoms with E-state index in [1.54, 1.807) is 0 Å². The predicted octanol–water partition coefficient (Wildman–Crippen LogP) is -0.197. The second-order valence-electron chi connectivity index (χ2n) is 2.63. The first kappa shape index (κ1) is 8.42. The number of aliphatic hydroxyl groups is 1. The van der Waals surface area contributed by atoms with Gasteiger partial charge < -0.3 is 9.84 Å². The summed E-state index contributed by atoms with van der Waals surface area (Å²) in [5, 5.41) is 19.1. The van der Waals surface area contributed by atoms with Gasteiger partial charge in [-0.2, -0.15) is 0 Å². The van der Waals surface area contributed by atoms with Crippen LogP contribution in [0.25, 0.3) is 0 Å². The molecule has 0 aromatic rings. The first-order valence-electron chi connectivity index (χ1n) is 3.61. The zero-order chi connectivity index (χ0) is 8.27. The Labute approximate surface area is 64.1 Å². The number of ether oxygens (including phenoxy) is 1. The molecule has 2 atom stereocenters. The van der Waals surface area contributed by atoms with Crippen molar-refractivity contribution in [3.05, 3.63) is 10.1 Å². The average molecular weight is 161 g/mol. The van der Waals surface area contributed by atoms with E-state index in [0.717, 1.165) is 12.8 Å². The van der Waals surface area contributed by atoms with Crippen molar-refractivity contribution in [2.45, 2.75) is 25.0 Å². The van der Waals surface area contributed by atoms with Crippen LogP contribution in [-0.4, -0.2) is 35.4 Å². The monoisotopic (exact) mass is 161 g/mol. The molecule has 0 saturated carbocycles. The molecule has 0 radical (unpaired) electrons. The van der Waals surface area contributed by atoms with E-state index >= 15 is 0 Å². The summed E-state index contributed by atoms with van der Waals surface area (Å²) < 4.78 is 5.06. The van der Waals surface area contributed by atoms with Crippen LogP contribution in [0, 0.1) is 10.1 Å². The second kappa shape index (κ2) is 3.64. The van der Waals surface area contributed by atoms with Gasteiger partial charge in [0.1, 0.15) is 6.10 Å². The summed E-state index contributed by atoms with van der Waals surface area (Å²) in [5.41, 5.74) is 0. The third kappa shape index (κ3) is 2.44. The molecule has 0 amide bonds. The van der Waals surface area contributed by atoms with E-state index in [4.69, 9.17) is 9.84 Å². The Kier molecular flexibility index (Phi) is 2.78. The van der Waals surface area contributed by atoms with Gasteiger partial charge in [-0.15, -0.1) is 0 Å². The second-order valence-corrected chi connectivity index (χ2v) is 2.63. The summed E-state index contributed by atoms with van der Waals surface area (Å²) >= 11 is 0. The molecule has 0 spiro atoms. The summed E-state index contributed by atoms with van der Waals surface area (Å²) in [4.78, 5) is 9.43. The molecule has 5 nitrogen and oxygen atoms in total. The third-order valence-corrected chi connectivity index (χ3v) is 1.73. The molecule has 1 aliphatic heterocycles. The van der Waals surface area contributed by atoms with Crippen LogP contribution >= 0.6 is 0 Å². The quantitative estimate of drug-likeness (QED) is 0.459. The lowest BCUT2D eigenvalue weighted by Crippen LogP contribution is -2.32. The standard InChI is InChI=1S/C6H11NO4/c8-5(4-7(9)10)6-2-1-3-11-6/h5-6,8H,1-4H2. The molecule has 0 aliphatic carbocycles. The molecule has 1 aliphatic rings. The maximum absolute atomic E-state index is 9.96. The fourth-order valence-electron chi connectivity index (χ4n) is 1.18. The highest BCUT2D eigenvalue weighted by Crippen LogP contribution is 2.15. The van der Waals surface area contributed by atoms with Crippen molar-refractivity contribution in [1.29, 1.82) is 0 Å². The molecule has 1 fully saturated rings. The summed E-state index contributed by atoms with van der Waals surface area (Å²) in [6, 6.07) is 0. The zero-order valence-electron chi connectivity index (χ0n) is 6.10. The SMILES string of the molecule is O=[N+]([O-])CC(O)C1CCCO1. The van der Waals surface area contributed by atoms with E-state index in [2.05, 4.69) is 0 Å². The average Bonchev–Trinajstić information content (AvgIpc) is 2.35. The van der Waals surface area contributed by atoms with Crippen molar-refractivity contribution in [2.24, 2.45) is 0 Å². The zero-order valence-corrected chi connectivity index (χ0v) is 6.10. The fraction of sp³-hybridized carbons (Fsp3) is 1.00. The lowest BCUT2D eigenvalue weighted by Gasteiger charge is -2.12. The number of nitro groups is 1. The van der Waals surface area contributed by atoms with Crippen LogP contribution in [0.1, 0.15) is 12.8 Å². The molecule has 0 aromatic carbocycles. The van der Waals surface area contributed by atoms with Gasteiger partial charge in [-0.25, -0.2) is 0 Å². The highest BCUT2D eigenvalue weighted by Gasteiger charge is 2.27. The lowest BCUT2D eigenvalue weighted by molar-refractivity contribution is -0.492. The summed E-state index contributed by atoms with van der Waals surface area (Å²) in [5.74, 6) is 0. The summed E-state index contributed by atoms with van der Waals surface area (Å²) in [7, 11) is 0. The van der Waals surface area contributed by atoms with Gasteiger partial charge in [0, 0.05) is 11.5 Å². The lowest BCUT2D eigenvalue weighted by atomic mass is 10.1. The fourth-order valence-corrected chi connectivity index (χ4v) is 1.18. The van der Waals surface area contributed by atoms with Gasteiger partial charge in [0.25, 0.3) is 0 Å². The van der Waals surface area contributed by atoms with Crippen molar-refractivity contribution in [1.82, 2.24) is 0 Å². The van der Waals surface area contributed by atoms with Crippen molar-refractivity contribution in [2.75, 3.05) is 13.2 Å². The van der Waals surface area contributed by atoms with Gasteiger partial charge in [-0.05, 0) is 12.8 Å². The highest BCUT2D eigenvalue weighted by atomic mass is 16.6. The minimum atomic E-state index is -0.938. The van der Waals surface area contributed by atoms with Crippen LogP contribution in [0.2, 0.25) is 0 Å². The molecule has 2 unspecified atom stereocenters. The van der Waals surface area contributed by atoms with Crippen LogP contribution < -0.4 is 0 Å². The normalized spacial score (nSPS) is 26.8. The number of aliphatic hydroxyl groups excluding tert-OH is 1. The van der Waals surface area contributed by atoms with Crippen molar-refractivity contribution in [3.63, 3.8) is 0 Å². The Bertz CT molecular complexity index is 144. The van der Waals surface area contributed by atoms with E-state index in [1.807, 2.05) is 0 Å². The molecule has 64 valence electrons. The Hall–Kier alpha value is -0.680. The number of hydrogen-bond acceptors (Lipinski definition) is 4. The molecule has 1 N–H and O–H groups in total. The topological polar surface area (TPSA) is 72.6 Å². The summed E-state index contributed by atoms with van der Waals surface area (Å²) in [6.07, 6.45) is 0.363. The van der Waals surface area contributed by atoms with Crippen LogP contribution in [0.5, 0.6) is 0 Å². The molecule has 0 bridgehead atoms. The smallest absolute Gasteiger partial charge is 0.231 e. The van der Waals surface area contributed by atoms with Crippen LogP contribution in [0.15, 0.2) is 0 Å². The van der Waals surface area contributed by atoms with Gasteiger partial charge in [0.2, 0.25) is 6.54 Å².